The van der Waals surface area contributed by atoms with Crippen molar-refractivity contribution in [2.45, 2.75) is 34.2 Å². The molecule has 0 aliphatic rings. The first kappa shape index (κ1) is 19.6. The van der Waals surface area contributed by atoms with Gasteiger partial charge in [-0.05, 0) is 57.0 Å². The predicted molar refractivity (Wildman–Crippen MR) is 116 cm³/mol. The molecule has 0 aliphatic carbocycles. The first-order valence-electron chi connectivity index (χ1n) is 9.70. The number of aryl methyl sites for hydroxylation is 2. The molecule has 0 bridgehead atoms. The van der Waals surface area contributed by atoms with Crippen LogP contribution < -0.4 is 15.5 Å². The number of rotatable bonds is 8. The summed E-state index contributed by atoms with van der Waals surface area (Å²) in [6.45, 7) is 11.2. The molecule has 1 aromatic heterocycles. The summed E-state index contributed by atoms with van der Waals surface area (Å²) in [6, 6.07) is 14.8. The van der Waals surface area contributed by atoms with E-state index in [1.54, 1.807) is 6.20 Å². The third-order valence-electron chi connectivity index (χ3n) is 4.69. The molecule has 0 saturated carbocycles. The molecule has 6 heteroatoms. The molecule has 0 atom stereocenters. The van der Waals surface area contributed by atoms with Crippen LogP contribution in [0.3, 0.4) is 0 Å². The highest BCUT2D eigenvalue weighted by Crippen LogP contribution is 2.25. The number of nitrogens with zero attached hydrogens (tertiary/aromatic N) is 4. The molecule has 0 fully saturated rings. The fourth-order valence-electron chi connectivity index (χ4n) is 3.15. The first-order chi connectivity index (χ1) is 13.6. The lowest BCUT2D eigenvalue weighted by atomic mass is 10.1. The third kappa shape index (κ3) is 4.97. The third-order valence-corrected chi connectivity index (χ3v) is 4.69. The molecule has 6 nitrogen and oxygen atoms in total. The maximum atomic E-state index is 4.53. The number of anilines is 4. The number of benzene rings is 2. The zero-order valence-corrected chi connectivity index (χ0v) is 17.0. The van der Waals surface area contributed by atoms with Crippen molar-refractivity contribution in [3.05, 3.63) is 65.4 Å². The molecular formula is C22H28N6. The van der Waals surface area contributed by atoms with Crippen LogP contribution in [0.15, 0.2) is 48.7 Å². The van der Waals surface area contributed by atoms with Gasteiger partial charge in [-0.2, -0.15) is 10.1 Å². The SMILES string of the molecule is CCN(CC)c1ccc(Nc2cnnc(NCc3cccc(C)c3)n2)c(C)c1. The van der Waals surface area contributed by atoms with Crippen molar-refractivity contribution in [2.75, 3.05) is 28.6 Å². The van der Waals surface area contributed by atoms with E-state index in [4.69, 9.17) is 0 Å². The van der Waals surface area contributed by atoms with E-state index in [0.29, 0.717) is 18.3 Å². The molecule has 3 aromatic rings. The highest BCUT2D eigenvalue weighted by Gasteiger charge is 2.07. The van der Waals surface area contributed by atoms with Crippen molar-refractivity contribution in [1.82, 2.24) is 15.2 Å². The summed E-state index contributed by atoms with van der Waals surface area (Å²) >= 11 is 0. The van der Waals surface area contributed by atoms with Crippen LogP contribution in [-0.2, 0) is 6.54 Å². The summed E-state index contributed by atoms with van der Waals surface area (Å²) in [4.78, 5) is 6.86. The summed E-state index contributed by atoms with van der Waals surface area (Å²) in [5.41, 5.74) is 5.83. The summed E-state index contributed by atoms with van der Waals surface area (Å²) in [7, 11) is 0. The minimum Gasteiger partial charge on any atom is -0.372 e. The second-order valence-electron chi connectivity index (χ2n) is 6.80. The van der Waals surface area contributed by atoms with Crippen molar-refractivity contribution in [2.24, 2.45) is 0 Å². The molecule has 2 aromatic carbocycles. The minimum absolute atomic E-state index is 0.504. The van der Waals surface area contributed by atoms with Crippen LogP contribution in [0.5, 0.6) is 0 Å². The fraction of sp³-hybridized carbons (Fsp3) is 0.318. The average molecular weight is 377 g/mol. The lowest BCUT2D eigenvalue weighted by Gasteiger charge is -2.22. The summed E-state index contributed by atoms with van der Waals surface area (Å²) in [6.07, 6.45) is 1.63. The van der Waals surface area contributed by atoms with E-state index in [2.05, 4.69) is 94.8 Å². The van der Waals surface area contributed by atoms with Crippen molar-refractivity contribution in [3.63, 3.8) is 0 Å². The Morgan fingerprint density at radius 3 is 2.54 bits per heavy atom. The Morgan fingerprint density at radius 1 is 1.00 bits per heavy atom. The van der Waals surface area contributed by atoms with Crippen LogP contribution in [0, 0.1) is 13.8 Å². The van der Waals surface area contributed by atoms with Crippen molar-refractivity contribution >= 4 is 23.1 Å². The van der Waals surface area contributed by atoms with Crippen molar-refractivity contribution in [3.8, 4) is 0 Å². The molecule has 1 heterocycles. The van der Waals surface area contributed by atoms with Gasteiger partial charge in [0.05, 0.1) is 6.20 Å². The van der Waals surface area contributed by atoms with Gasteiger partial charge in [0.25, 0.3) is 0 Å². The second-order valence-corrected chi connectivity index (χ2v) is 6.80. The van der Waals surface area contributed by atoms with E-state index in [1.807, 2.05) is 6.07 Å². The Balaban J connectivity index is 1.69. The second kappa shape index (κ2) is 9.17. The Morgan fingerprint density at radius 2 is 1.82 bits per heavy atom. The fourth-order valence-corrected chi connectivity index (χ4v) is 3.15. The van der Waals surface area contributed by atoms with Gasteiger partial charge >= 0.3 is 0 Å². The normalized spacial score (nSPS) is 10.6. The average Bonchev–Trinajstić information content (AvgIpc) is 2.70. The van der Waals surface area contributed by atoms with Gasteiger partial charge in [-0.3, -0.25) is 0 Å². The number of hydrogen-bond acceptors (Lipinski definition) is 6. The largest absolute Gasteiger partial charge is 0.372 e. The summed E-state index contributed by atoms with van der Waals surface area (Å²) in [5, 5.41) is 14.7. The maximum Gasteiger partial charge on any atom is 0.244 e. The first-order valence-corrected chi connectivity index (χ1v) is 9.70. The Labute approximate surface area is 167 Å². The van der Waals surface area contributed by atoms with E-state index < -0.39 is 0 Å². The Bertz CT molecular complexity index is 920. The highest BCUT2D eigenvalue weighted by molar-refractivity contribution is 5.65. The van der Waals surface area contributed by atoms with E-state index in [-0.39, 0.29) is 0 Å². The van der Waals surface area contributed by atoms with Gasteiger partial charge in [-0.15, -0.1) is 5.10 Å². The quantitative estimate of drug-likeness (QED) is 0.594. The standard InChI is InChI=1S/C22H28N6/c1-5-28(6-2)19-10-11-20(17(4)13-19)25-21-15-24-27-22(26-21)23-14-18-9-7-8-16(3)12-18/h7-13,15H,5-6,14H2,1-4H3,(H2,23,25,26,27). The molecule has 0 radical (unpaired) electrons. The number of aromatic nitrogens is 3. The van der Waals surface area contributed by atoms with E-state index >= 15 is 0 Å². The van der Waals surface area contributed by atoms with Crippen molar-refractivity contribution < 1.29 is 0 Å². The zero-order chi connectivity index (χ0) is 19.9. The minimum atomic E-state index is 0.504. The molecule has 0 saturated heterocycles. The van der Waals surface area contributed by atoms with Crippen molar-refractivity contribution in [1.29, 1.82) is 0 Å². The lowest BCUT2D eigenvalue weighted by molar-refractivity contribution is 0.866. The van der Waals surface area contributed by atoms with Gasteiger partial charge in [0, 0.05) is 31.0 Å². The maximum absolute atomic E-state index is 4.53. The van der Waals surface area contributed by atoms with Gasteiger partial charge in [0.15, 0.2) is 5.82 Å². The van der Waals surface area contributed by atoms with Crippen LogP contribution in [0.4, 0.5) is 23.1 Å². The molecule has 0 unspecified atom stereocenters. The Hall–Kier alpha value is -3.15. The summed E-state index contributed by atoms with van der Waals surface area (Å²) < 4.78 is 0. The van der Waals surface area contributed by atoms with Gasteiger partial charge in [-0.1, -0.05) is 29.8 Å². The number of nitrogens with one attached hydrogen (secondary N) is 2. The van der Waals surface area contributed by atoms with E-state index in [0.717, 1.165) is 24.3 Å². The number of hydrogen-bond donors (Lipinski definition) is 2. The highest BCUT2D eigenvalue weighted by atomic mass is 15.3. The smallest absolute Gasteiger partial charge is 0.244 e. The van der Waals surface area contributed by atoms with Gasteiger partial charge < -0.3 is 15.5 Å². The Kier molecular flexibility index (Phi) is 6.42. The lowest BCUT2D eigenvalue weighted by Crippen LogP contribution is -2.21. The van der Waals surface area contributed by atoms with Crippen LogP contribution in [0.25, 0.3) is 0 Å². The molecule has 28 heavy (non-hydrogen) atoms. The molecule has 0 amide bonds. The summed E-state index contributed by atoms with van der Waals surface area (Å²) in [5.74, 6) is 1.17. The van der Waals surface area contributed by atoms with Crippen LogP contribution >= 0.6 is 0 Å². The van der Waals surface area contributed by atoms with Gasteiger partial charge in [0.2, 0.25) is 5.95 Å². The van der Waals surface area contributed by atoms with E-state index in [9.17, 15) is 0 Å². The molecule has 2 N–H and O–H groups in total. The van der Waals surface area contributed by atoms with Gasteiger partial charge in [0.1, 0.15) is 0 Å². The van der Waals surface area contributed by atoms with Crippen LogP contribution in [0.1, 0.15) is 30.5 Å². The molecule has 3 rings (SSSR count). The van der Waals surface area contributed by atoms with E-state index in [1.165, 1.54) is 16.8 Å². The molecule has 0 aliphatic heterocycles. The molecule has 146 valence electrons. The van der Waals surface area contributed by atoms with Crippen LogP contribution in [0.2, 0.25) is 0 Å². The topological polar surface area (TPSA) is 66.0 Å². The monoisotopic (exact) mass is 376 g/mol. The van der Waals surface area contributed by atoms with Crippen LogP contribution in [-0.4, -0.2) is 28.3 Å². The predicted octanol–water partition coefficient (Wildman–Crippen LogP) is 4.69. The molecular weight excluding hydrogens is 348 g/mol. The zero-order valence-electron chi connectivity index (χ0n) is 17.0. The molecule has 0 spiro atoms. The van der Waals surface area contributed by atoms with Gasteiger partial charge in [-0.25, -0.2) is 0 Å².